The van der Waals surface area contributed by atoms with E-state index in [1.54, 1.807) is 0 Å². The second-order valence-electron chi connectivity index (χ2n) is 4.54. The van der Waals surface area contributed by atoms with E-state index in [1.807, 2.05) is 20.8 Å². The van der Waals surface area contributed by atoms with Crippen molar-refractivity contribution < 1.29 is 9.53 Å². The van der Waals surface area contributed by atoms with Crippen molar-refractivity contribution in [3.63, 3.8) is 0 Å². The molecule has 1 saturated carbocycles. The number of rotatable bonds is 4. The second kappa shape index (κ2) is 3.05. The molecule has 0 aromatic rings. The van der Waals surface area contributed by atoms with E-state index in [4.69, 9.17) is 4.74 Å². The third kappa shape index (κ3) is 3.09. The molecular formula is C10H17NO2. The van der Waals surface area contributed by atoms with Gasteiger partial charge in [0.15, 0.2) is 5.88 Å². The first-order chi connectivity index (χ1) is 5.87. The molecule has 3 heteroatoms. The van der Waals surface area contributed by atoms with E-state index in [1.165, 1.54) is 0 Å². The van der Waals surface area contributed by atoms with Gasteiger partial charge in [0.05, 0.1) is 5.54 Å². The molecule has 74 valence electrons. The fourth-order valence-electron chi connectivity index (χ4n) is 1.08. The Kier molecular flexibility index (Phi) is 2.37. The normalized spacial score (nSPS) is 19.0. The average molecular weight is 183 g/mol. The van der Waals surface area contributed by atoms with Crippen LogP contribution in [0.1, 0.15) is 33.6 Å². The molecule has 13 heavy (non-hydrogen) atoms. The summed E-state index contributed by atoms with van der Waals surface area (Å²) in [4.78, 5) is 10.6. The number of aldehydes is 1. The van der Waals surface area contributed by atoms with Gasteiger partial charge in [0, 0.05) is 0 Å². The smallest absolute Gasteiger partial charge is 0.180 e. The Balaban J connectivity index is 2.38. The van der Waals surface area contributed by atoms with Crippen LogP contribution in [0.5, 0.6) is 0 Å². The van der Waals surface area contributed by atoms with Crippen LogP contribution in [0.2, 0.25) is 0 Å². The molecule has 0 heterocycles. The zero-order valence-corrected chi connectivity index (χ0v) is 8.52. The van der Waals surface area contributed by atoms with Crippen molar-refractivity contribution in [2.24, 2.45) is 0 Å². The predicted octanol–water partition coefficient (Wildman–Crippen LogP) is 1.59. The van der Waals surface area contributed by atoms with E-state index in [0.29, 0.717) is 5.88 Å². The van der Waals surface area contributed by atoms with Crippen LogP contribution in [0, 0.1) is 0 Å². The van der Waals surface area contributed by atoms with Crippen LogP contribution in [0.4, 0.5) is 0 Å². The highest BCUT2D eigenvalue weighted by Crippen LogP contribution is 2.34. The molecule has 0 aromatic heterocycles. The summed E-state index contributed by atoms with van der Waals surface area (Å²) >= 11 is 0. The Bertz CT molecular complexity index is 224. The number of nitrogens with one attached hydrogen (secondary N) is 1. The predicted molar refractivity (Wildman–Crippen MR) is 51.1 cm³/mol. The lowest BCUT2D eigenvalue weighted by Crippen LogP contribution is -2.35. The van der Waals surface area contributed by atoms with E-state index in [2.05, 4.69) is 11.9 Å². The van der Waals surface area contributed by atoms with Gasteiger partial charge in [-0.3, -0.25) is 0 Å². The van der Waals surface area contributed by atoms with Gasteiger partial charge in [-0.25, -0.2) is 0 Å². The summed E-state index contributed by atoms with van der Waals surface area (Å²) in [5, 5.41) is 2.99. The maximum absolute atomic E-state index is 10.6. The third-order valence-corrected chi connectivity index (χ3v) is 1.83. The highest BCUT2D eigenvalue weighted by Gasteiger charge is 2.43. The van der Waals surface area contributed by atoms with Crippen molar-refractivity contribution in [3.05, 3.63) is 12.5 Å². The number of hydrogen-bond acceptors (Lipinski definition) is 3. The van der Waals surface area contributed by atoms with Gasteiger partial charge in [0.2, 0.25) is 0 Å². The lowest BCUT2D eigenvalue weighted by molar-refractivity contribution is -0.110. The minimum absolute atomic E-state index is 0.261. The molecule has 0 radical (unpaired) electrons. The fraction of sp³-hybridized carbons (Fsp3) is 0.700. The molecule has 3 nitrogen and oxygen atoms in total. The summed E-state index contributed by atoms with van der Waals surface area (Å²) in [5.74, 6) is 0.483. The van der Waals surface area contributed by atoms with E-state index in [9.17, 15) is 4.79 Å². The Hall–Kier alpha value is -0.990. The van der Waals surface area contributed by atoms with Crippen molar-refractivity contribution in [2.75, 3.05) is 0 Å². The highest BCUT2D eigenvalue weighted by atomic mass is 16.5. The summed E-state index contributed by atoms with van der Waals surface area (Å²) in [5.41, 5.74) is -0.634. The first kappa shape index (κ1) is 10.1. The molecule has 1 rings (SSSR count). The largest absolute Gasteiger partial charge is 0.474 e. The minimum Gasteiger partial charge on any atom is -0.474 e. The van der Waals surface area contributed by atoms with E-state index in [-0.39, 0.29) is 11.1 Å². The molecule has 0 aromatic carbocycles. The van der Waals surface area contributed by atoms with Crippen molar-refractivity contribution in [2.45, 2.75) is 44.8 Å². The zero-order valence-electron chi connectivity index (χ0n) is 8.52. The molecule has 1 aliphatic carbocycles. The monoisotopic (exact) mass is 183 g/mol. The summed E-state index contributed by atoms with van der Waals surface area (Å²) in [6.45, 7) is 9.56. The number of ether oxygens (including phenoxy) is 1. The third-order valence-electron chi connectivity index (χ3n) is 1.83. The first-order valence-corrected chi connectivity index (χ1v) is 4.49. The van der Waals surface area contributed by atoms with Crippen LogP contribution in [0.25, 0.3) is 0 Å². The molecule has 0 saturated heterocycles. The molecule has 0 amide bonds. The molecule has 0 unspecified atom stereocenters. The molecule has 1 fully saturated rings. The van der Waals surface area contributed by atoms with Crippen molar-refractivity contribution in [3.8, 4) is 0 Å². The molecule has 0 bridgehead atoms. The molecular weight excluding hydrogens is 166 g/mol. The Morgan fingerprint density at radius 3 is 2.38 bits per heavy atom. The van der Waals surface area contributed by atoms with E-state index < -0.39 is 0 Å². The highest BCUT2D eigenvalue weighted by molar-refractivity contribution is 5.69. The van der Waals surface area contributed by atoms with Crippen molar-refractivity contribution in [1.29, 1.82) is 0 Å². The minimum atomic E-state index is -0.373. The summed E-state index contributed by atoms with van der Waals surface area (Å²) in [6.07, 6.45) is 2.69. The first-order valence-electron chi connectivity index (χ1n) is 4.49. The quantitative estimate of drug-likeness (QED) is 0.531. The van der Waals surface area contributed by atoms with Gasteiger partial charge in [-0.05, 0) is 40.2 Å². The van der Waals surface area contributed by atoms with Crippen LogP contribution in [0.3, 0.4) is 0 Å². The summed E-state index contributed by atoms with van der Waals surface area (Å²) in [7, 11) is 0. The van der Waals surface area contributed by atoms with Gasteiger partial charge in [-0.1, -0.05) is 0 Å². The van der Waals surface area contributed by atoms with Gasteiger partial charge in [-0.2, -0.15) is 0 Å². The standard InChI is InChI=1S/C10H17NO2/c1-8(13-9(2,3)4)11-10(7-12)5-6-10/h7,11H,1,5-6H2,2-4H3. The average Bonchev–Trinajstić information content (AvgIpc) is 2.65. The topological polar surface area (TPSA) is 38.3 Å². The van der Waals surface area contributed by atoms with Crippen LogP contribution in [-0.4, -0.2) is 17.4 Å². The lowest BCUT2D eigenvalue weighted by atomic mass is 10.2. The van der Waals surface area contributed by atoms with Gasteiger partial charge >= 0.3 is 0 Å². The van der Waals surface area contributed by atoms with E-state index >= 15 is 0 Å². The van der Waals surface area contributed by atoms with Gasteiger partial charge in [-0.15, -0.1) is 0 Å². The van der Waals surface area contributed by atoms with Gasteiger partial charge in [0.1, 0.15) is 11.9 Å². The Labute approximate surface area is 79.2 Å². The lowest BCUT2D eigenvalue weighted by Gasteiger charge is -2.25. The van der Waals surface area contributed by atoms with Gasteiger partial charge in [0.25, 0.3) is 0 Å². The molecule has 0 spiro atoms. The zero-order chi connectivity index (χ0) is 10.1. The number of hydrogen-bond donors (Lipinski definition) is 1. The summed E-state index contributed by atoms with van der Waals surface area (Å²) in [6, 6.07) is 0. The summed E-state index contributed by atoms with van der Waals surface area (Å²) < 4.78 is 5.45. The molecule has 0 atom stereocenters. The number of carbonyl (C=O) groups is 1. The van der Waals surface area contributed by atoms with Crippen LogP contribution in [0.15, 0.2) is 12.5 Å². The fourth-order valence-corrected chi connectivity index (χ4v) is 1.08. The Morgan fingerprint density at radius 1 is 1.54 bits per heavy atom. The SMILES string of the molecule is C=C(NC1(C=O)CC1)OC(C)(C)C. The molecule has 1 aliphatic rings. The second-order valence-corrected chi connectivity index (χ2v) is 4.54. The number of carbonyl (C=O) groups excluding carboxylic acids is 1. The maximum Gasteiger partial charge on any atom is 0.180 e. The van der Waals surface area contributed by atoms with Crippen molar-refractivity contribution >= 4 is 6.29 Å². The molecule has 0 aliphatic heterocycles. The van der Waals surface area contributed by atoms with E-state index in [0.717, 1.165) is 19.1 Å². The van der Waals surface area contributed by atoms with Crippen molar-refractivity contribution in [1.82, 2.24) is 5.32 Å². The van der Waals surface area contributed by atoms with Gasteiger partial charge < -0.3 is 14.8 Å². The maximum atomic E-state index is 10.6. The van der Waals surface area contributed by atoms with Crippen LogP contribution in [-0.2, 0) is 9.53 Å². The van der Waals surface area contributed by atoms with Crippen LogP contribution >= 0.6 is 0 Å². The molecule has 1 N–H and O–H groups in total. The van der Waals surface area contributed by atoms with Crippen LogP contribution < -0.4 is 5.32 Å². The Morgan fingerprint density at radius 2 is 2.08 bits per heavy atom.